The van der Waals surface area contributed by atoms with E-state index in [4.69, 9.17) is 21.4 Å². The average Bonchev–Trinajstić information content (AvgIpc) is 3.43. The standard InChI is InChI=1S/C35H47ClN4O8/c1-35(2,34(47)39-15-13-38(14-16-39)17-18-41)37-28(43)8-3-5-22-9-11-23(12-10-22)19-40-20-25(24-6-4-7-26(36)29(24)40)33-32(46)31(45)30(44)27(21-42)48-33/h4,6-7,9-12,20,27,30-33,41-42,44-46H,3,5,8,13-19,21H2,1-2H3,(H,37,43)/t27-,30-,31+,32-,33+/m1/s1. The molecular formula is C35H47ClN4O8. The molecule has 3 heterocycles. The van der Waals surface area contributed by atoms with Gasteiger partial charge in [0.15, 0.2) is 0 Å². The van der Waals surface area contributed by atoms with Gasteiger partial charge in [-0.25, -0.2) is 0 Å². The van der Waals surface area contributed by atoms with Gasteiger partial charge in [0.2, 0.25) is 11.8 Å². The van der Waals surface area contributed by atoms with Crippen molar-refractivity contribution < 1.29 is 39.9 Å². The van der Waals surface area contributed by atoms with Gasteiger partial charge >= 0.3 is 0 Å². The van der Waals surface area contributed by atoms with Crippen molar-refractivity contribution in [1.82, 2.24) is 19.7 Å². The van der Waals surface area contributed by atoms with Crippen LogP contribution in [0.2, 0.25) is 5.02 Å². The quantitative estimate of drug-likeness (QED) is 0.164. The van der Waals surface area contributed by atoms with Crippen LogP contribution in [-0.2, 0) is 27.3 Å². The minimum absolute atomic E-state index is 0.0953. The third-order valence-corrected chi connectivity index (χ3v) is 9.69. The number of nitrogens with zero attached hydrogens (tertiary/aromatic N) is 3. The molecule has 2 aliphatic rings. The van der Waals surface area contributed by atoms with Crippen LogP contribution in [0.4, 0.5) is 0 Å². The summed E-state index contributed by atoms with van der Waals surface area (Å²) in [5.74, 6) is -0.275. The van der Waals surface area contributed by atoms with E-state index in [0.717, 1.165) is 22.0 Å². The summed E-state index contributed by atoms with van der Waals surface area (Å²) in [6.07, 6.45) is -2.94. The molecule has 0 radical (unpaired) electrons. The fraction of sp³-hybridized carbons (Fsp3) is 0.543. The maximum atomic E-state index is 13.1. The Morgan fingerprint density at radius 2 is 1.65 bits per heavy atom. The van der Waals surface area contributed by atoms with Crippen molar-refractivity contribution >= 4 is 34.3 Å². The molecule has 3 aromatic rings. The number of hydrogen-bond acceptors (Lipinski definition) is 9. The number of rotatable bonds is 12. The second-order valence-corrected chi connectivity index (χ2v) is 13.7. The molecule has 0 aliphatic carbocycles. The minimum atomic E-state index is -1.49. The number of hydrogen-bond donors (Lipinski definition) is 6. The number of fused-ring (bicyclic) bond motifs is 1. The third kappa shape index (κ3) is 8.03. The summed E-state index contributed by atoms with van der Waals surface area (Å²) >= 11 is 6.63. The van der Waals surface area contributed by atoms with Gasteiger partial charge in [0.1, 0.15) is 36.1 Å². The van der Waals surface area contributed by atoms with Gasteiger partial charge in [-0.1, -0.05) is 48.0 Å². The normalized spacial score (nSPS) is 23.8. The lowest BCUT2D eigenvalue weighted by atomic mass is 9.91. The third-order valence-electron chi connectivity index (χ3n) is 9.39. The molecule has 262 valence electrons. The molecule has 2 saturated heterocycles. The van der Waals surface area contributed by atoms with Gasteiger partial charge < -0.3 is 45.1 Å². The average molecular weight is 687 g/mol. The van der Waals surface area contributed by atoms with Crippen molar-refractivity contribution in [2.75, 3.05) is 45.9 Å². The molecule has 5 rings (SSSR count). The van der Waals surface area contributed by atoms with Crippen molar-refractivity contribution in [2.45, 2.75) is 75.7 Å². The summed E-state index contributed by atoms with van der Waals surface area (Å²) in [7, 11) is 0. The number of aromatic nitrogens is 1. The van der Waals surface area contributed by atoms with Crippen LogP contribution in [0.3, 0.4) is 0 Å². The van der Waals surface area contributed by atoms with Gasteiger partial charge in [-0.3, -0.25) is 14.5 Å². The van der Waals surface area contributed by atoms with Crippen LogP contribution < -0.4 is 5.32 Å². The summed E-state index contributed by atoms with van der Waals surface area (Å²) in [6, 6.07) is 13.5. The highest BCUT2D eigenvalue weighted by Gasteiger charge is 2.45. The Morgan fingerprint density at radius 1 is 0.958 bits per heavy atom. The number of halogens is 1. The van der Waals surface area contributed by atoms with Crippen LogP contribution >= 0.6 is 11.6 Å². The first-order valence-corrected chi connectivity index (χ1v) is 16.9. The number of aliphatic hydroxyl groups excluding tert-OH is 5. The smallest absolute Gasteiger partial charge is 0.247 e. The number of aryl methyl sites for hydroxylation is 1. The van der Waals surface area contributed by atoms with E-state index in [-0.39, 0.29) is 24.8 Å². The number of para-hydroxylation sites is 1. The molecule has 2 amide bonds. The number of carbonyl (C=O) groups excluding carboxylic acids is 2. The van der Waals surface area contributed by atoms with E-state index in [1.807, 2.05) is 41.1 Å². The largest absolute Gasteiger partial charge is 0.395 e. The molecule has 2 fully saturated rings. The zero-order chi connectivity index (χ0) is 34.6. The Labute approximate surface area is 285 Å². The number of piperazine rings is 1. The molecule has 0 saturated carbocycles. The molecule has 0 spiro atoms. The molecule has 12 nitrogen and oxygen atoms in total. The molecule has 0 bridgehead atoms. The number of nitrogens with one attached hydrogen (secondary N) is 1. The van der Waals surface area contributed by atoms with Crippen LogP contribution in [0.25, 0.3) is 10.9 Å². The zero-order valence-electron chi connectivity index (χ0n) is 27.5. The Kier molecular flexibility index (Phi) is 11.8. The lowest BCUT2D eigenvalue weighted by Gasteiger charge is -2.40. The van der Waals surface area contributed by atoms with Gasteiger partial charge in [-0.05, 0) is 43.9 Å². The minimum Gasteiger partial charge on any atom is -0.395 e. The predicted molar refractivity (Wildman–Crippen MR) is 180 cm³/mol. The van der Waals surface area contributed by atoms with Crippen LogP contribution in [-0.4, -0.2) is 128 Å². The predicted octanol–water partition coefficient (Wildman–Crippen LogP) is 1.21. The molecule has 6 N–H and O–H groups in total. The van der Waals surface area contributed by atoms with Gasteiger partial charge in [0.25, 0.3) is 0 Å². The van der Waals surface area contributed by atoms with E-state index in [9.17, 15) is 30.0 Å². The van der Waals surface area contributed by atoms with E-state index in [1.54, 1.807) is 30.9 Å². The Hall–Kier alpha value is -3.07. The summed E-state index contributed by atoms with van der Waals surface area (Å²) in [4.78, 5) is 29.8. The van der Waals surface area contributed by atoms with Crippen LogP contribution in [0.15, 0.2) is 48.7 Å². The van der Waals surface area contributed by atoms with E-state index >= 15 is 0 Å². The molecule has 2 aliphatic heterocycles. The van der Waals surface area contributed by atoms with E-state index in [0.29, 0.717) is 62.7 Å². The van der Waals surface area contributed by atoms with Crippen molar-refractivity contribution in [2.24, 2.45) is 0 Å². The van der Waals surface area contributed by atoms with E-state index in [2.05, 4.69) is 10.2 Å². The molecule has 1 aromatic heterocycles. The molecule has 5 atom stereocenters. The number of benzene rings is 2. The second-order valence-electron chi connectivity index (χ2n) is 13.3. The zero-order valence-corrected chi connectivity index (χ0v) is 28.2. The van der Waals surface area contributed by atoms with E-state index < -0.39 is 42.7 Å². The highest BCUT2D eigenvalue weighted by Crippen LogP contribution is 2.39. The first-order valence-electron chi connectivity index (χ1n) is 16.5. The van der Waals surface area contributed by atoms with Gasteiger partial charge in [0.05, 0.1) is 23.8 Å². The first-order chi connectivity index (χ1) is 22.9. The first kappa shape index (κ1) is 36.2. The Bertz CT molecular complexity index is 1550. The van der Waals surface area contributed by atoms with Crippen molar-refractivity contribution in [3.63, 3.8) is 0 Å². The molecule has 2 aromatic carbocycles. The number of β-amino-alcohol motifs (C(OH)–C–C–N with tert-alkyl or cyclic N) is 1. The topological polar surface area (TPSA) is 168 Å². The molecule has 48 heavy (non-hydrogen) atoms. The highest BCUT2D eigenvalue weighted by atomic mass is 35.5. The SMILES string of the molecule is CC(C)(NC(=O)CCCc1ccc(Cn2cc([C@@H]3O[C@H](CO)[C@@H](O)[C@H](O)[C@H]3O)c3cccc(Cl)c32)cc1)C(=O)N1CCN(CCO)CC1. The van der Waals surface area contributed by atoms with Crippen LogP contribution in [0.1, 0.15) is 49.5 Å². The number of carbonyl (C=O) groups is 2. The Balaban J connectivity index is 1.17. The number of aliphatic hydroxyl groups is 5. The molecular weight excluding hydrogens is 640 g/mol. The maximum Gasteiger partial charge on any atom is 0.247 e. The van der Waals surface area contributed by atoms with Crippen molar-refractivity contribution in [3.8, 4) is 0 Å². The maximum absolute atomic E-state index is 13.1. The molecule has 13 heteroatoms. The Morgan fingerprint density at radius 3 is 2.31 bits per heavy atom. The fourth-order valence-electron chi connectivity index (χ4n) is 6.69. The highest BCUT2D eigenvalue weighted by molar-refractivity contribution is 6.35. The fourth-order valence-corrected chi connectivity index (χ4v) is 6.97. The van der Waals surface area contributed by atoms with Gasteiger partial charge in [-0.2, -0.15) is 0 Å². The van der Waals surface area contributed by atoms with Crippen LogP contribution in [0.5, 0.6) is 0 Å². The number of amides is 2. The van der Waals surface area contributed by atoms with Crippen molar-refractivity contribution in [3.05, 3.63) is 70.4 Å². The summed E-state index contributed by atoms with van der Waals surface area (Å²) in [5.41, 5.74) is 2.37. The summed E-state index contributed by atoms with van der Waals surface area (Å²) < 4.78 is 7.80. The molecule has 0 unspecified atom stereocenters. The van der Waals surface area contributed by atoms with Crippen molar-refractivity contribution in [1.29, 1.82) is 0 Å². The summed E-state index contributed by atoms with van der Waals surface area (Å²) in [5, 5.41) is 54.4. The van der Waals surface area contributed by atoms with Gasteiger partial charge in [-0.15, -0.1) is 0 Å². The lowest BCUT2D eigenvalue weighted by molar-refractivity contribution is -0.231. The number of ether oxygens (including phenoxy) is 1. The monoisotopic (exact) mass is 686 g/mol. The van der Waals surface area contributed by atoms with Gasteiger partial charge in [0, 0.05) is 62.8 Å². The lowest BCUT2D eigenvalue weighted by Crippen LogP contribution is -2.59. The second kappa shape index (κ2) is 15.6. The van der Waals surface area contributed by atoms with E-state index in [1.165, 1.54) is 0 Å². The van der Waals surface area contributed by atoms with Crippen LogP contribution in [0, 0.1) is 0 Å². The summed E-state index contributed by atoms with van der Waals surface area (Å²) in [6.45, 7) is 6.66.